The average molecular weight is 312 g/mol. The lowest BCUT2D eigenvalue weighted by atomic mass is 10.1. The number of nitriles is 1. The minimum absolute atomic E-state index is 0.193. The van der Waals surface area contributed by atoms with Crippen LogP contribution in [0.2, 0.25) is 0 Å². The Bertz CT molecular complexity index is 793. The molecule has 0 radical (unpaired) electrons. The summed E-state index contributed by atoms with van der Waals surface area (Å²) in [4.78, 5) is 0.244. The first-order valence-corrected chi connectivity index (χ1v) is 8.17. The molecule has 0 unspecified atom stereocenters. The molecule has 5 heteroatoms. The number of sulfonamides is 1. The van der Waals surface area contributed by atoms with Crippen LogP contribution in [0.15, 0.2) is 72.1 Å². The molecular formula is C17H16N2O2S. The molecule has 0 aliphatic rings. The molecule has 2 aromatic carbocycles. The lowest BCUT2D eigenvalue weighted by Gasteiger charge is -2.21. The van der Waals surface area contributed by atoms with Gasteiger partial charge in [-0.3, -0.25) is 0 Å². The number of nitrogens with zero attached hydrogens (tertiary/aromatic N) is 2. The Balaban J connectivity index is 2.34. The van der Waals surface area contributed by atoms with Gasteiger partial charge in [0.15, 0.2) is 0 Å². The summed E-state index contributed by atoms with van der Waals surface area (Å²) in [6, 6.07) is 17.3. The second-order valence-corrected chi connectivity index (χ2v) is 6.65. The first kappa shape index (κ1) is 16.0. The van der Waals surface area contributed by atoms with E-state index in [9.17, 15) is 8.42 Å². The molecule has 0 aliphatic heterocycles. The molecular weight excluding hydrogens is 296 g/mol. The molecule has 0 amide bonds. The monoisotopic (exact) mass is 312 g/mol. The first-order chi connectivity index (χ1) is 10.6. The molecule has 0 heterocycles. The fourth-order valence-electron chi connectivity index (χ4n) is 2.08. The van der Waals surface area contributed by atoms with E-state index in [4.69, 9.17) is 5.26 Å². The maximum absolute atomic E-state index is 12.7. The van der Waals surface area contributed by atoms with Gasteiger partial charge in [0.2, 0.25) is 10.0 Å². The van der Waals surface area contributed by atoms with Crippen LogP contribution in [0, 0.1) is 11.3 Å². The Morgan fingerprint density at radius 3 is 2.50 bits per heavy atom. The zero-order chi connectivity index (χ0) is 16.0. The Labute approximate surface area is 131 Å². The van der Waals surface area contributed by atoms with E-state index < -0.39 is 10.0 Å². The van der Waals surface area contributed by atoms with Crippen LogP contribution in [0.4, 0.5) is 0 Å². The summed E-state index contributed by atoms with van der Waals surface area (Å²) < 4.78 is 26.7. The van der Waals surface area contributed by atoms with E-state index >= 15 is 0 Å². The highest BCUT2D eigenvalue weighted by Gasteiger charge is 2.23. The molecule has 0 saturated heterocycles. The van der Waals surface area contributed by atoms with Gasteiger partial charge < -0.3 is 0 Å². The second kappa shape index (κ2) is 7.03. The quantitative estimate of drug-likeness (QED) is 0.770. The molecule has 2 aromatic rings. The van der Waals surface area contributed by atoms with Gasteiger partial charge in [-0.05, 0) is 29.8 Å². The van der Waals surface area contributed by atoms with Crippen LogP contribution in [-0.4, -0.2) is 19.3 Å². The third kappa shape index (κ3) is 3.61. The Hall–Kier alpha value is -2.42. The van der Waals surface area contributed by atoms with Gasteiger partial charge >= 0.3 is 0 Å². The average Bonchev–Trinajstić information content (AvgIpc) is 2.55. The van der Waals surface area contributed by atoms with E-state index in [0.717, 1.165) is 5.56 Å². The molecule has 0 N–H and O–H groups in total. The van der Waals surface area contributed by atoms with Gasteiger partial charge in [-0.1, -0.05) is 36.4 Å². The predicted molar refractivity (Wildman–Crippen MR) is 85.4 cm³/mol. The van der Waals surface area contributed by atoms with Gasteiger partial charge in [-0.15, -0.1) is 6.58 Å². The van der Waals surface area contributed by atoms with Gasteiger partial charge in [0.05, 0.1) is 16.5 Å². The molecule has 2 rings (SSSR count). The number of hydrogen-bond donors (Lipinski definition) is 0. The number of hydrogen-bond acceptors (Lipinski definition) is 3. The molecule has 0 saturated carbocycles. The molecule has 22 heavy (non-hydrogen) atoms. The van der Waals surface area contributed by atoms with E-state index in [-0.39, 0.29) is 18.0 Å². The summed E-state index contributed by atoms with van der Waals surface area (Å²) in [5.74, 6) is 0. The number of rotatable bonds is 6. The third-order valence-electron chi connectivity index (χ3n) is 3.13. The molecule has 0 aromatic heterocycles. The highest BCUT2D eigenvalue weighted by atomic mass is 32.2. The molecule has 0 bridgehead atoms. The Morgan fingerprint density at radius 1 is 1.14 bits per heavy atom. The van der Waals surface area contributed by atoms with Crippen LogP contribution in [-0.2, 0) is 16.6 Å². The molecule has 0 atom stereocenters. The van der Waals surface area contributed by atoms with E-state index in [1.54, 1.807) is 60.7 Å². The first-order valence-electron chi connectivity index (χ1n) is 6.73. The van der Waals surface area contributed by atoms with Crippen LogP contribution in [0.25, 0.3) is 0 Å². The van der Waals surface area contributed by atoms with E-state index in [1.165, 1.54) is 4.31 Å². The molecule has 0 fully saturated rings. The summed E-state index contributed by atoms with van der Waals surface area (Å²) in [6.07, 6.45) is 1.55. The Kier molecular flexibility index (Phi) is 5.10. The molecule has 0 aliphatic carbocycles. The molecule has 112 valence electrons. The highest BCUT2D eigenvalue weighted by Crippen LogP contribution is 2.18. The minimum Gasteiger partial charge on any atom is -0.207 e. The predicted octanol–water partition coefficient (Wildman–Crippen LogP) is 2.94. The fraction of sp³-hybridized carbons (Fsp3) is 0.118. The van der Waals surface area contributed by atoms with Crippen LogP contribution >= 0.6 is 0 Å². The molecule has 0 spiro atoms. The topological polar surface area (TPSA) is 61.2 Å². The van der Waals surface area contributed by atoms with Crippen molar-refractivity contribution >= 4 is 10.0 Å². The summed E-state index contributed by atoms with van der Waals surface area (Å²) in [5, 5.41) is 8.94. The van der Waals surface area contributed by atoms with Gasteiger partial charge in [0, 0.05) is 13.1 Å². The maximum atomic E-state index is 12.7. The van der Waals surface area contributed by atoms with Crippen LogP contribution in [0.1, 0.15) is 11.1 Å². The van der Waals surface area contributed by atoms with Gasteiger partial charge in [0.1, 0.15) is 0 Å². The van der Waals surface area contributed by atoms with E-state index in [0.29, 0.717) is 5.56 Å². The zero-order valence-electron chi connectivity index (χ0n) is 12.0. The molecule has 4 nitrogen and oxygen atoms in total. The Morgan fingerprint density at radius 2 is 1.86 bits per heavy atom. The highest BCUT2D eigenvalue weighted by molar-refractivity contribution is 7.89. The van der Waals surface area contributed by atoms with Crippen LogP contribution < -0.4 is 0 Å². The smallest absolute Gasteiger partial charge is 0.207 e. The van der Waals surface area contributed by atoms with Crippen molar-refractivity contribution in [2.75, 3.05) is 6.54 Å². The summed E-state index contributed by atoms with van der Waals surface area (Å²) in [5.41, 5.74) is 1.27. The van der Waals surface area contributed by atoms with Crippen molar-refractivity contribution in [3.05, 3.63) is 78.4 Å². The van der Waals surface area contributed by atoms with Gasteiger partial charge in [-0.25, -0.2) is 8.42 Å². The summed E-state index contributed by atoms with van der Waals surface area (Å²) >= 11 is 0. The van der Waals surface area contributed by atoms with E-state index in [1.807, 2.05) is 0 Å². The van der Waals surface area contributed by atoms with Crippen molar-refractivity contribution in [1.82, 2.24) is 4.31 Å². The standard InChI is InChI=1S/C17H16N2O2S/c1-2-11-19(14-16-8-6-7-15(12-16)13-18)22(20,21)17-9-4-3-5-10-17/h2-10,12H,1,11,14H2. The van der Waals surface area contributed by atoms with Crippen molar-refractivity contribution < 1.29 is 8.42 Å². The van der Waals surface area contributed by atoms with Gasteiger partial charge in [-0.2, -0.15) is 9.57 Å². The van der Waals surface area contributed by atoms with Crippen molar-refractivity contribution in [2.24, 2.45) is 0 Å². The normalized spacial score (nSPS) is 11.1. The number of benzene rings is 2. The minimum atomic E-state index is -3.60. The summed E-state index contributed by atoms with van der Waals surface area (Å²) in [7, 11) is -3.60. The lowest BCUT2D eigenvalue weighted by molar-refractivity contribution is 0.438. The van der Waals surface area contributed by atoms with Crippen LogP contribution in [0.3, 0.4) is 0 Å². The van der Waals surface area contributed by atoms with E-state index in [2.05, 4.69) is 12.6 Å². The lowest BCUT2D eigenvalue weighted by Crippen LogP contribution is -2.30. The summed E-state index contributed by atoms with van der Waals surface area (Å²) in [6.45, 7) is 4.02. The van der Waals surface area contributed by atoms with Gasteiger partial charge in [0.25, 0.3) is 0 Å². The largest absolute Gasteiger partial charge is 0.243 e. The zero-order valence-corrected chi connectivity index (χ0v) is 12.8. The maximum Gasteiger partial charge on any atom is 0.243 e. The van der Waals surface area contributed by atoms with Crippen LogP contribution in [0.5, 0.6) is 0 Å². The van der Waals surface area contributed by atoms with Crippen molar-refractivity contribution in [3.63, 3.8) is 0 Å². The van der Waals surface area contributed by atoms with Crippen molar-refractivity contribution in [2.45, 2.75) is 11.4 Å². The SMILES string of the molecule is C=CCN(Cc1cccc(C#N)c1)S(=O)(=O)c1ccccc1. The third-order valence-corrected chi connectivity index (χ3v) is 4.95. The van der Waals surface area contributed by atoms with Crippen molar-refractivity contribution in [3.8, 4) is 6.07 Å². The second-order valence-electron chi connectivity index (χ2n) is 4.71. The van der Waals surface area contributed by atoms with Crippen molar-refractivity contribution in [1.29, 1.82) is 5.26 Å². The fourth-order valence-corrected chi connectivity index (χ4v) is 3.50.